The Hall–Kier alpha value is -4.43. The zero-order chi connectivity index (χ0) is 40.1. The van der Waals surface area contributed by atoms with E-state index >= 15 is 0 Å². The molecule has 6 rings (SSSR count). The molecule has 4 amide bonds. The van der Waals surface area contributed by atoms with Gasteiger partial charge in [0.1, 0.15) is 29.7 Å². The number of oxazole rings is 1. The van der Waals surface area contributed by atoms with Crippen molar-refractivity contribution in [2.75, 3.05) is 11.9 Å². The topological polar surface area (TPSA) is 185 Å². The molecule has 14 nitrogen and oxygen atoms in total. The fraction of sp³-hybridized carbons (Fsp3) is 0.575. The number of halogens is 2. The Morgan fingerprint density at radius 1 is 0.982 bits per heavy atom. The van der Waals surface area contributed by atoms with E-state index < -0.39 is 65.1 Å². The SMILES string of the molecule is CCC[C@H](NC(=O)[C@@H]1C[C@@H](Oc2ccc(Cl)cn2)CN1C(=O)[C@@H](NC(=O)[C@H](Nc1nc2ccc(Cl)cc2o1)C1CCCCC1)C(C)(C)C)C(=O)C(=O)NC1CC1. The third-order valence-electron chi connectivity index (χ3n) is 10.6. The Morgan fingerprint density at radius 2 is 1.71 bits per heavy atom. The summed E-state index contributed by atoms with van der Waals surface area (Å²) in [7, 11) is 0. The second-order valence-electron chi connectivity index (χ2n) is 16.2. The number of ether oxygens (including phenoxy) is 1. The van der Waals surface area contributed by atoms with Crippen LogP contribution in [0.4, 0.5) is 6.01 Å². The first-order valence-corrected chi connectivity index (χ1v) is 20.3. The molecular weight excluding hydrogens is 761 g/mol. The normalized spacial score (nSPS) is 20.5. The highest BCUT2D eigenvalue weighted by molar-refractivity contribution is 6.38. The number of nitrogens with one attached hydrogen (secondary N) is 4. The number of anilines is 1. The number of ketones is 1. The number of Topliss-reactive ketones (excluding diaryl/α,β-unsaturated/α-hetero) is 1. The first kappa shape index (κ1) is 41.2. The second-order valence-corrected chi connectivity index (χ2v) is 17.1. The predicted octanol–water partition coefficient (Wildman–Crippen LogP) is 5.60. The molecule has 302 valence electrons. The van der Waals surface area contributed by atoms with Gasteiger partial charge in [0.2, 0.25) is 29.4 Å². The highest BCUT2D eigenvalue weighted by Gasteiger charge is 2.47. The molecule has 0 radical (unpaired) electrons. The molecule has 2 aliphatic carbocycles. The number of benzene rings is 1. The van der Waals surface area contributed by atoms with E-state index in [2.05, 4.69) is 31.2 Å². The molecule has 0 unspecified atom stereocenters. The van der Waals surface area contributed by atoms with Gasteiger partial charge >= 0.3 is 0 Å². The van der Waals surface area contributed by atoms with Crippen LogP contribution in [0.5, 0.6) is 5.88 Å². The van der Waals surface area contributed by atoms with Crippen molar-refractivity contribution in [2.24, 2.45) is 11.3 Å². The van der Waals surface area contributed by atoms with Gasteiger partial charge in [-0.1, -0.05) is 76.6 Å². The zero-order valence-electron chi connectivity index (χ0n) is 32.2. The van der Waals surface area contributed by atoms with Gasteiger partial charge in [-0.3, -0.25) is 24.0 Å². The Labute approximate surface area is 336 Å². The van der Waals surface area contributed by atoms with E-state index in [1.54, 1.807) is 30.3 Å². The number of nitrogens with zero attached hydrogens (tertiary/aromatic N) is 3. The zero-order valence-corrected chi connectivity index (χ0v) is 33.8. The Morgan fingerprint density at radius 3 is 2.38 bits per heavy atom. The molecule has 2 saturated carbocycles. The van der Waals surface area contributed by atoms with Crippen molar-refractivity contribution < 1.29 is 33.1 Å². The number of carbonyl (C=O) groups excluding carboxylic acids is 5. The van der Waals surface area contributed by atoms with Crippen LogP contribution < -0.4 is 26.0 Å². The number of hydrogen-bond donors (Lipinski definition) is 4. The molecule has 4 N–H and O–H groups in total. The fourth-order valence-electron chi connectivity index (χ4n) is 7.45. The molecule has 3 heterocycles. The second kappa shape index (κ2) is 17.8. The quantitative estimate of drug-likeness (QED) is 0.141. The minimum atomic E-state index is -1.08. The lowest BCUT2D eigenvalue weighted by molar-refractivity contribution is -0.145. The summed E-state index contributed by atoms with van der Waals surface area (Å²) in [5.41, 5.74) is 0.246. The van der Waals surface area contributed by atoms with Crippen molar-refractivity contribution in [3.8, 4) is 5.88 Å². The van der Waals surface area contributed by atoms with Gasteiger partial charge in [-0.15, -0.1) is 0 Å². The fourth-order valence-corrected chi connectivity index (χ4v) is 7.72. The van der Waals surface area contributed by atoms with Crippen LogP contribution in [0, 0.1) is 11.3 Å². The van der Waals surface area contributed by atoms with Crippen LogP contribution in [0.2, 0.25) is 10.0 Å². The van der Waals surface area contributed by atoms with Crippen molar-refractivity contribution in [2.45, 2.75) is 128 Å². The minimum absolute atomic E-state index is 0.00595. The first-order valence-electron chi connectivity index (χ1n) is 19.6. The number of hydrogen-bond acceptors (Lipinski definition) is 10. The van der Waals surface area contributed by atoms with Crippen molar-refractivity contribution in [3.05, 3.63) is 46.6 Å². The highest BCUT2D eigenvalue weighted by atomic mass is 35.5. The molecule has 3 aliphatic rings. The van der Waals surface area contributed by atoms with Gasteiger partial charge in [0.15, 0.2) is 5.58 Å². The Bertz CT molecular complexity index is 1910. The van der Waals surface area contributed by atoms with Crippen LogP contribution in [0.15, 0.2) is 40.9 Å². The van der Waals surface area contributed by atoms with Gasteiger partial charge in [-0.25, -0.2) is 4.98 Å². The van der Waals surface area contributed by atoms with Crippen LogP contribution in [0.25, 0.3) is 11.1 Å². The number of carbonyl (C=O) groups is 5. The first-order chi connectivity index (χ1) is 26.7. The number of aromatic nitrogens is 2. The lowest BCUT2D eigenvalue weighted by Gasteiger charge is -2.37. The summed E-state index contributed by atoms with van der Waals surface area (Å²) < 4.78 is 12.1. The average Bonchev–Trinajstić information content (AvgIpc) is 3.73. The highest BCUT2D eigenvalue weighted by Crippen LogP contribution is 2.32. The van der Waals surface area contributed by atoms with Crippen LogP contribution in [-0.4, -0.2) is 87.1 Å². The van der Waals surface area contributed by atoms with Crippen LogP contribution in [0.1, 0.15) is 91.9 Å². The molecule has 1 aliphatic heterocycles. The molecule has 16 heteroatoms. The number of amides is 4. The maximum absolute atomic E-state index is 14.8. The largest absolute Gasteiger partial charge is 0.472 e. The Kier molecular flexibility index (Phi) is 13.1. The van der Waals surface area contributed by atoms with Crippen molar-refractivity contribution in [3.63, 3.8) is 0 Å². The minimum Gasteiger partial charge on any atom is -0.472 e. The molecule has 5 atom stereocenters. The number of likely N-dealkylation sites (tertiary alicyclic amines) is 1. The lowest BCUT2D eigenvalue weighted by Crippen LogP contribution is -2.61. The van der Waals surface area contributed by atoms with Crippen LogP contribution in [0.3, 0.4) is 0 Å². The summed E-state index contributed by atoms with van der Waals surface area (Å²) >= 11 is 12.2. The van der Waals surface area contributed by atoms with Crippen molar-refractivity contribution >= 4 is 69.7 Å². The maximum Gasteiger partial charge on any atom is 0.296 e. The third kappa shape index (κ3) is 10.3. The van der Waals surface area contributed by atoms with Gasteiger partial charge in [-0.2, -0.15) is 4.98 Å². The van der Waals surface area contributed by atoms with Gasteiger partial charge in [-0.05, 0) is 61.6 Å². The summed E-state index contributed by atoms with van der Waals surface area (Å²) in [5, 5.41) is 12.7. The number of fused-ring (bicyclic) bond motifs is 1. The average molecular weight is 813 g/mol. The van der Waals surface area contributed by atoms with Crippen LogP contribution >= 0.6 is 23.2 Å². The summed E-state index contributed by atoms with van der Waals surface area (Å²) in [6.45, 7) is 7.37. The summed E-state index contributed by atoms with van der Waals surface area (Å²) in [6, 6.07) is 4.45. The summed E-state index contributed by atoms with van der Waals surface area (Å²) in [6.07, 6.45) is 7.80. The standard InChI is InChI=1S/C40H51Cl2N7O7/c1-5-9-28(33(50)37(53)44-25-14-15-25)45-35(51)29-19-26(55-31-17-13-24(42)20-43-31)21-49(29)38(54)34(40(2,3)4)48-36(52)32(22-10-7-6-8-11-22)47-39-46-27-16-12-23(41)18-30(27)56-39/h12-13,16-18,20,22,25-26,28-29,32,34H,5-11,14-15,19,21H2,1-4H3,(H,44,53)(H,45,51)(H,46,47)(H,48,52)/t26-,28+,29+,32-,34-/m1/s1. The molecule has 1 saturated heterocycles. The van der Waals surface area contributed by atoms with Crippen molar-refractivity contribution in [1.29, 1.82) is 0 Å². The maximum atomic E-state index is 14.8. The summed E-state index contributed by atoms with van der Waals surface area (Å²) in [4.78, 5) is 79.5. The van der Waals surface area contributed by atoms with E-state index in [0.717, 1.165) is 44.9 Å². The van der Waals surface area contributed by atoms with E-state index in [1.807, 2.05) is 27.7 Å². The molecule has 56 heavy (non-hydrogen) atoms. The van der Waals surface area contributed by atoms with E-state index in [1.165, 1.54) is 11.1 Å². The van der Waals surface area contributed by atoms with E-state index in [-0.39, 0.29) is 43.2 Å². The van der Waals surface area contributed by atoms with E-state index in [0.29, 0.717) is 27.6 Å². The number of pyridine rings is 1. The molecule has 0 spiro atoms. The van der Waals surface area contributed by atoms with Gasteiger partial charge in [0, 0.05) is 35.8 Å². The lowest BCUT2D eigenvalue weighted by atomic mass is 9.82. The smallest absolute Gasteiger partial charge is 0.296 e. The number of rotatable bonds is 15. The van der Waals surface area contributed by atoms with Gasteiger partial charge in [0.05, 0.1) is 17.6 Å². The van der Waals surface area contributed by atoms with E-state index in [4.69, 9.17) is 32.4 Å². The van der Waals surface area contributed by atoms with Crippen LogP contribution in [-0.2, 0) is 24.0 Å². The molecule has 2 aromatic heterocycles. The molecule has 3 fully saturated rings. The molecule has 0 bridgehead atoms. The summed E-state index contributed by atoms with van der Waals surface area (Å²) in [5.74, 6) is -2.77. The van der Waals surface area contributed by atoms with Gasteiger partial charge in [0.25, 0.3) is 11.9 Å². The van der Waals surface area contributed by atoms with E-state index in [9.17, 15) is 24.0 Å². The van der Waals surface area contributed by atoms with Gasteiger partial charge < -0.3 is 35.3 Å². The molecule has 3 aromatic rings. The molecule has 1 aromatic carbocycles. The van der Waals surface area contributed by atoms with Crippen molar-refractivity contribution in [1.82, 2.24) is 30.8 Å². The third-order valence-corrected chi connectivity index (χ3v) is 11.1. The molecular formula is C40H51Cl2N7O7. The predicted molar refractivity (Wildman–Crippen MR) is 211 cm³/mol. The Balaban J connectivity index is 1.25. The monoisotopic (exact) mass is 811 g/mol.